The van der Waals surface area contributed by atoms with Crippen molar-refractivity contribution in [1.82, 2.24) is 10.3 Å². The van der Waals surface area contributed by atoms with Gasteiger partial charge >= 0.3 is 0 Å². The van der Waals surface area contributed by atoms with Crippen LogP contribution < -0.4 is 10.1 Å². The molecule has 2 rings (SSSR count). The highest BCUT2D eigenvalue weighted by molar-refractivity contribution is 5.36. The molecular formula is C16H20N2O. The van der Waals surface area contributed by atoms with Gasteiger partial charge in [-0.1, -0.05) is 24.3 Å². The SMILES string of the molecule is CNC(Cc1ccc(C)cn1)c1ccccc1OC. The van der Waals surface area contributed by atoms with E-state index < -0.39 is 0 Å². The van der Waals surface area contributed by atoms with E-state index in [1.807, 2.05) is 38.4 Å². The Morgan fingerprint density at radius 3 is 2.63 bits per heavy atom. The van der Waals surface area contributed by atoms with Crippen molar-refractivity contribution >= 4 is 0 Å². The third-order valence-corrected chi connectivity index (χ3v) is 3.25. The average molecular weight is 256 g/mol. The van der Waals surface area contributed by atoms with Crippen molar-refractivity contribution in [2.45, 2.75) is 19.4 Å². The largest absolute Gasteiger partial charge is 0.496 e. The number of hydrogen-bond donors (Lipinski definition) is 1. The molecule has 0 saturated carbocycles. The summed E-state index contributed by atoms with van der Waals surface area (Å²) < 4.78 is 5.42. The molecular weight excluding hydrogens is 236 g/mol. The maximum Gasteiger partial charge on any atom is 0.123 e. The number of para-hydroxylation sites is 1. The fraction of sp³-hybridized carbons (Fsp3) is 0.312. The minimum Gasteiger partial charge on any atom is -0.496 e. The molecule has 0 aliphatic carbocycles. The van der Waals surface area contributed by atoms with Gasteiger partial charge in [-0.25, -0.2) is 0 Å². The summed E-state index contributed by atoms with van der Waals surface area (Å²) in [5, 5.41) is 3.34. The number of aromatic nitrogens is 1. The second kappa shape index (κ2) is 6.34. The van der Waals surface area contributed by atoms with E-state index in [4.69, 9.17) is 4.74 Å². The maximum absolute atomic E-state index is 5.42. The first-order valence-corrected chi connectivity index (χ1v) is 6.46. The van der Waals surface area contributed by atoms with Gasteiger partial charge in [0.25, 0.3) is 0 Å². The van der Waals surface area contributed by atoms with E-state index in [2.05, 4.69) is 28.5 Å². The van der Waals surface area contributed by atoms with E-state index in [0.29, 0.717) is 0 Å². The second-order valence-electron chi connectivity index (χ2n) is 4.61. The molecule has 1 N–H and O–H groups in total. The van der Waals surface area contributed by atoms with E-state index in [1.165, 1.54) is 5.56 Å². The fourth-order valence-corrected chi connectivity index (χ4v) is 2.15. The van der Waals surface area contributed by atoms with Gasteiger partial charge in [0.05, 0.1) is 7.11 Å². The van der Waals surface area contributed by atoms with Crippen molar-refractivity contribution in [3.8, 4) is 5.75 Å². The highest BCUT2D eigenvalue weighted by atomic mass is 16.5. The van der Waals surface area contributed by atoms with Gasteiger partial charge in [-0.15, -0.1) is 0 Å². The molecule has 0 aliphatic rings. The molecule has 1 aromatic carbocycles. The third-order valence-electron chi connectivity index (χ3n) is 3.25. The van der Waals surface area contributed by atoms with Crippen LogP contribution in [-0.2, 0) is 6.42 Å². The highest BCUT2D eigenvalue weighted by Gasteiger charge is 2.14. The van der Waals surface area contributed by atoms with Gasteiger partial charge < -0.3 is 10.1 Å². The van der Waals surface area contributed by atoms with Crippen LogP contribution >= 0.6 is 0 Å². The number of pyridine rings is 1. The quantitative estimate of drug-likeness (QED) is 0.893. The molecule has 3 heteroatoms. The van der Waals surface area contributed by atoms with Crippen LogP contribution in [0.15, 0.2) is 42.6 Å². The van der Waals surface area contributed by atoms with Crippen LogP contribution in [0.25, 0.3) is 0 Å². The van der Waals surface area contributed by atoms with Crippen LogP contribution in [-0.4, -0.2) is 19.1 Å². The monoisotopic (exact) mass is 256 g/mol. The zero-order chi connectivity index (χ0) is 13.7. The predicted octanol–water partition coefficient (Wildman–Crippen LogP) is 2.90. The van der Waals surface area contributed by atoms with Gasteiger partial charge in [0, 0.05) is 29.9 Å². The third kappa shape index (κ3) is 3.32. The van der Waals surface area contributed by atoms with Crippen LogP contribution in [0.4, 0.5) is 0 Å². The van der Waals surface area contributed by atoms with Gasteiger partial charge in [0.15, 0.2) is 0 Å². The van der Waals surface area contributed by atoms with E-state index in [9.17, 15) is 0 Å². The standard InChI is InChI=1S/C16H20N2O/c1-12-8-9-13(18-11-12)10-15(17-2)14-6-4-5-7-16(14)19-3/h4-9,11,15,17H,10H2,1-3H3. The molecule has 0 amide bonds. The lowest BCUT2D eigenvalue weighted by atomic mass is 10.0. The Bertz CT molecular complexity index is 523. The number of nitrogens with zero attached hydrogens (tertiary/aromatic N) is 1. The smallest absolute Gasteiger partial charge is 0.123 e. The minimum atomic E-state index is 0.200. The second-order valence-corrected chi connectivity index (χ2v) is 4.61. The number of benzene rings is 1. The molecule has 0 fully saturated rings. The van der Waals surface area contributed by atoms with Crippen molar-refractivity contribution in [2.75, 3.05) is 14.2 Å². The summed E-state index contributed by atoms with van der Waals surface area (Å²) in [5.74, 6) is 0.911. The zero-order valence-electron chi connectivity index (χ0n) is 11.7. The van der Waals surface area contributed by atoms with Crippen molar-refractivity contribution in [1.29, 1.82) is 0 Å². The maximum atomic E-state index is 5.42. The predicted molar refractivity (Wildman–Crippen MR) is 77.5 cm³/mol. The Labute approximate surface area is 114 Å². The number of nitrogens with one attached hydrogen (secondary N) is 1. The fourth-order valence-electron chi connectivity index (χ4n) is 2.15. The van der Waals surface area contributed by atoms with Crippen molar-refractivity contribution in [3.05, 3.63) is 59.4 Å². The Morgan fingerprint density at radius 2 is 2.00 bits per heavy atom. The molecule has 100 valence electrons. The lowest BCUT2D eigenvalue weighted by Gasteiger charge is -2.19. The Kier molecular flexibility index (Phi) is 4.53. The van der Waals surface area contributed by atoms with Crippen molar-refractivity contribution < 1.29 is 4.74 Å². The molecule has 0 bridgehead atoms. The number of aryl methyl sites for hydroxylation is 1. The topological polar surface area (TPSA) is 34.2 Å². The number of methoxy groups -OCH3 is 1. The van der Waals surface area contributed by atoms with Gasteiger partial charge in [0.2, 0.25) is 0 Å². The van der Waals surface area contributed by atoms with Gasteiger partial charge in [-0.3, -0.25) is 4.98 Å². The average Bonchev–Trinajstić information content (AvgIpc) is 2.46. The molecule has 1 aromatic heterocycles. The number of rotatable bonds is 5. The number of likely N-dealkylation sites (N-methyl/N-ethyl adjacent to an activating group) is 1. The van der Waals surface area contributed by atoms with Crippen LogP contribution in [0.1, 0.15) is 22.9 Å². The van der Waals surface area contributed by atoms with Crippen LogP contribution in [0, 0.1) is 6.92 Å². The molecule has 0 spiro atoms. The van der Waals surface area contributed by atoms with Crippen molar-refractivity contribution in [3.63, 3.8) is 0 Å². The molecule has 19 heavy (non-hydrogen) atoms. The van der Waals surface area contributed by atoms with Crippen LogP contribution in [0.5, 0.6) is 5.75 Å². The molecule has 0 radical (unpaired) electrons. The Morgan fingerprint density at radius 1 is 1.21 bits per heavy atom. The lowest BCUT2D eigenvalue weighted by Crippen LogP contribution is -2.20. The van der Waals surface area contributed by atoms with E-state index in [1.54, 1.807) is 7.11 Å². The molecule has 1 atom stereocenters. The summed E-state index contributed by atoms with van der Waals surface area (Å²) in [5.41, 5.74) is 3.42. The van der Waals surface area contributed by atoms with Crippen LogP contribution in [0.2, 0.25) is 0 Å². The molecule has 2 aromatic rings. The van der Waals surface area contributed by atoms with E-state index >= 15 is 0 Å². The normalized spacial score (nSPS) is 12.2. The first-order chi connectivity index (χ1) is 9.24. The first kappa shape index (κ1) is 13.6. The highest BCUT2D eigenvalue weighted by Crippen LogP contribution is 2.26. The summed E-state index contributed by atoms with van der Waals surface area (Å²) >= 11 is 0. The molecule has 0 saturated heterocycles. The number of ether oxygens (including phenoxy) is 1. The summed E-state index contributed by atoms with van der Waals surface area (Å²) in [6.45, 7) is 2.05. The molecule has 3 nitrogen and oxygen atoms in total. The molecule has 1 heterocycles. The van der Waals surface area contributed by atoms with Gasteiger partial charge in [-0.05, 0) is 31.7 Å². The zero-order valence-corrected chi connectivity index (χ0v) is 11.7. The number of hydrogen-bond acceptors (Lipinski definition) is 3. The Hall–Kier alpha value is -1.87. The lowest BCUT2D eigenvalue weighted by molar-refractivity contribution is 0.401. The summed E-state index contributed by atoms with van der Waals surface area (Å²) in [4.78, 5) is 4.47. The van der Waals surface area contributed by atoms with Crippen molar-refractivity contribution in [2.24, 2.45) is 0 Å². The van der Waals surface area contributed by atoms with Gasteiger partial charge in [0.1, 0.15) is 5.75 Å². The summed E-state index contributed by atoms with van der Waals surface area (Å²) in [6, 6.07) is 12.5. The summed E-state index contributed by atoms with van der Waals surface area (Å²) in [6.07, 6.45) is 2.75. The van der Waals surface area contributed by atoms with Crippen LogP contribution in [0.3, 0.4) is 0 Å². The van der Waals surface area contributed by atoms with E-state index in [0.717, 1.165) is 23.4 Å². The van der Waals surface area contributed by atoms with Gasteiger partial charge in [-0.2, -0.15) is 0 Å². The molecule has 0 aliphatic heterocycles. The van der Waals surface area contributed by atoms with E-state index in [-0.39, 0.29) is 6.04 Å². The minimum absolute atomic E-state index is 0.200. The Balaban J connectivity index is 2.22. The molecule has 1 unspecified atom stereocenters. The summed E-state index contributed by atoms with van der Waals surface area (Å²) in [7, 11) is 3.67. The first-order valence-electron chi connectivity index (χ1n) is 6.46.